The van der Waals surface area contributed by atoms with Crippen LogP contribution >= 0.6 is 0 Å². The number of phenols is 1. The van der Waals surface area contributed by atoms with E-state index in [1.807, 2.05) is 18.2 Å². The maximum Gasteiger partial charge on any atom is 0.265 e. The van der Waals surface area contributed by atoms with Crippen molar-refractivity contribution in [3.8, 4) is 5.75 Å². The number of amides is 1. The zero-order valence-electron chi connectivity index (χ0n) is 15.5. The van der Waals surface area contributed by atoms with Crippen LogP contribution in [0.2, 0.25) is 0 Å². The van der Waals surface area contributed by atoms with Crippen LogP contribution in [0.3, 0.4) is 0 Å². The monoisotopic (exact) mass is 417 g/mol. The Morgan fingerprint density at radius 1 is 1.34 bits per heavy atom. The maximum atomic E-state index is 15.3. The molecule has 0 radical (unpaired) electrons. The smallest absolute Gasteiger partial charge is 0.265 e. The van der Waals surface area contributed by atoms with Crippen molar-refractivity contribution in [2.45, 2.75) is 31.7 Å². The van der Waals surface area contributed by atoms with Crippen LogP contribution in [0.5, 0.6) is 5.75 Å². The molecule has 1 aromatic heterocycles. The highest BCUT2D eigenvalue weighted by atomic mass is 32.2. The molecular weight excluding hydrogens is 397 g/mol. The predicted molar refractivity (Wildman–Crippen MR) is 105 cm³/mol. The normalized spacial score (nSPS) is 20.1. The van der Waals surface area contributed by atoms with Crippen LogP contribution in [0.25, 0.3) is 4.91 Å². The van der Waals surface area contributed by atoms with Crippen molar-refractivity contribution >= 4 is 20.8 Å². The Hall–Kier alpha value is -2.78. The van der Waals surface area contributed by atoms with Crippen molar-refractivity contribution in [3.63, 3.8) is 0 Å². The molecule has 7 nitrogen and oxygen atoms in total. The number of benzene rings is 1. The van der Waals surface area contributed by atoms with Crippen LogP contribution in [0.4, 0.5) is 4.39 Å². The summed E-state index contributed by atoms with van der Waals surface area (Å²) in [6, 6.07) is 7.14. The summed E-state index contributed by atoms with van der Waals surface area (Å²) < 4.78 is 41.2. The number of sulfonamides is 1. The van der Waals surface area contributed by atoms with Gasteiger partial charge in [-0.1, -0.05) is 6.07 Å². The molecule has 0 saturated heterocycles. The topological polar surface area (TPSA) is 108 Å². The Balaban J connectivity index is 1.55. The zero-order chi connectivity index (χ0) is 20.6. The molecule has 152 valence electrons. The number of hydrogen-bond acceptors (Lipinski definition) is 6. The van der Waals surface area contributed by atoms with Gasteiger partial charge in [-0.3, -0.25) is 9.78 Å². The molecule has 0 bridgehead atoms. The lowest BCUT2D eigenvalue weighted by Gasteiger charge is -2.27. The van der Waals surface area contributed by atoms with Gasteiger partial charge in [-0.05, 0) is 48.6 Å². The van der Waals surface area contributed by atoms with Gasteiger partial charge in [0.15, 0.2) is 0 Å². The number of rotatable bonds is 5. The van der Waals surface area contributed by atoms with E-state index in [1.54, 1.807) is 10.9 Å². The van der Waals surface area contributed by atoms with Crippen LogP contribution in [0, 0.1) is 5.82 Å². The van der Waals surface area contributed by atoms with E-state index in [2.05, 4.69) is 10.3 Å². The fourth-order valence-electron chi connectivity index (χ4n) is 3.83. The molecule has 1 aliphatic carbocycles. The van der Waals surface area contributed by atoms with Gasteiger partial charge in [0, 0.05) is 37.0 Å². The number of aryl methyl sites for hydroxylation is 1. The van der Waals surface area contributed by atoms with Gasteiger partial charge in [-0.2, -0.15) is 0 Å². The van der Waals surface area contributed by atoms with E-state index in [1.165, 1.54) is 6.07 Å². The van der Waals surface area contributed by atoms with E-state index < -0.39 is 38.0 Å². The molecule has 0 fully saturated rings. The molecule has 2 aromatic rings. The molecule has 9 heteroatoms. The molecule has 1 aliphatic heterocycles. The number of nitrogens with one attached hydrogen (secondary N) is 2. The lowest BCUT2D eigenvalue weighted by atomic mass is 9.86. The molecule has 1 aromatic carbocycles. The van der Waals surface area contributed by atoms with E-state index in [0.29, 0.717) is 30.5 Å². The first-order valence-corrected chi connectivity index (χ1v) is 10.8. The summed E-state index contributed by atoms with van der Waals surface area (Å²) >= 11 is 0. The molecule has 4 rings (SSSR count). The second-order valence-corrected chi connectivity index (χ2v) is 8.82. The van der Waals surface area contributed by atoms with Gasteiger partial charge in [0.05, 0.1) is 5.56 Å². The first-order chi connectivity index (χ1) is 13.8. The molecule has 1 atom stereocenters. The van der Waals surface area contributed by atoms with Gasteiger partial charge in [-0.25, -0.2) is 17.5 Å². The number of pyridine rings is 1. The first-order valence-electron chi connectivity index (χ1n) is 9.30. The van der Waals surface area contributed by atoms with Crippen molar-refractivity contribution in [2.24, 2.45) is 0 Å². The minimum atomic E-state index is -4.18. The summed E-state index contributed by atoms with van der Waals surface area (Å²) in [6.07, 6.45) is 4.97. The molecule has 2 aliphatic rings. The first kappa shape index (κ1) is 19.5. The number of hydrogen-bond donors (Lipinski definition) is 3. The molecule has 1 unspecified atom stereocenters. The number of nitrogens with zero attached hydrogens (tertiary/aromatic N) is 1. The highest BCUT2D eigenvalue weighted by Gasteiger charge is 2.35. The number of carbonyl (C=O) groups is 1. The molecule has 0 spiro atoms. The van der Waals surface area contributed by atoms with Crippen LogP contribution in [-0.4, -0.2) is 37.0 Å². The van der Waals surface area contributed by atoms with Gasteiger partial charge < -0.3 is 10.4 Å². The SMILES string of the molecule is O=C1C=C(c2c(O)cc3c(c2F)CC(NCCc2ccccn2)CC3)S(=O)(=O)N1. The molecular formula is C20H20FN3O4S. The molecule has 0 saturated carbocycles. The minimum absolute atomic E-state index is 0.0204. The molecule has 1 amide bonds. The highest BCUT2D eigenvalue weighted by Crippen LogP contribution is 2.38. The number of halogens is 1. The second kappa shape index (κ2) is 7.57. The third-order valence-electron chi connectivity index (χ3n) is 5.23. The summed E-state index contributed by atoms with van der Waals surface area (Å²) in [6.45, 7) is 0.682. The predicted octanol–water partition coefficient (Wildman–Crippen LogP) is 1.42. The standard InChI is InChI=1S/C20H20FN3O4S/c21-20-15-10-14(23-8-6-13-3-1-2-7-22-13)5-4-12(15)9-16(25)19(20)17-11-18(26)24-29(17,27)28/h1-3,7,9,11,14,23,25H,4-6,8,10H2,(H,24,26). The van der Waals surface area contributed by atoms with Crippen LogP contribution < -0.4 is 10.0 Å². The van der Waals surface area contributed by atoms with Gasteiger partial charge in [0.2, 0.25) is 0 Å². The minimum Gasteiger partial charge on any atom is -0.507 e. The second-order valence-electron chi connectivity index (χ2n) is 7.17. The fraction of sp³-hybridized carbons (Fsp3) is 0.300. The van der Waals surface area contributed by atoms with Crippen molar-refractivity contribution in [1.82, 2.24) is 15.0 Å². The van der Waals surface area contributed by atoms with Gasteiger partial charge in [-0.15, -0.1) is 0 Å². The average molecular weight is 417 g/mol. The summed E-state index contributed by atoms with van der Waals surface area (Å²) in [5, 5.41) is 13.6. The quantitative estimate of drug-likeness (QED) is 0.679. The number of aromatic nitrogens is 1. The third-order valence-corrected chi connectivity index (χ3v) is 6.60. The average Bonchev–Trinajstić information content (AvgIpc) is 2.95. The van der Waals surface area contributed by atoms with Crippen LogP contribution in [-0.2, 0) is 34.1 Å². The fourth-order valence-corrected chi connectivity index (χ4v) is 4.99. The van der Waals surface area contributed by atoms with Gasteiger partial charge >= 0.3 is 0 Å². The third kappa shape index (κ3) is 3.88. The van der Waals surface area contributed by atoms with E-state index in [-0.39, 0.29) is 6.04 Å². The molecule has 2 heterocycles. The maximum absolute atomic E-state index is 15.3. The Morgan fingerprint density at radius 2 is 2.17 bits per heavy atom. The summed E-state index contributed by atoms with van der Waals surface area (Å²) in [5.74, 6) is -2.12. The van der Waals surface area contributed by atoms with E-state index in [0.717, 1.165) is 24.6 Å². The van der Waals surface area contributed by atoms with E-state index in [9.17, 15) is 18.3 Å². The Labute approximate surface area is 167 Å². The van der Waals surface area contributed by atoms with Crippen molar-refractivity contribution in [3.05, 3.63) is 64.7 Å². The lowest BCUT2D eigenvalue weighted by molar-refractivity contribution is -0.114. The van der Waals surface area contributed by atoms with Crippen LogP contribution in [0.15, 0.2) is 36.5 Å². The lowest BCUT2D eigenvalue weighted by Crippen LogP contribution is -2.36. The number of carbonyl (C=O) groups excluding carboxylic acids is 1. The van der Waals surface area contributed by atoms with E-state index >= 15 is 4.39 Å². The largest absolute Gasteiger partial charge is 0.507 e. The molecule has 3 N–H and O–H groups in total. The van der Waals surface area contributed by atoms with Gasteiger partial charge in [0.1, 0.15) is 16.5 Å². The van der Waals surface area contributed by atoms with Crippen molar-refractivity contribution < 1.29 is 22.7 Å². The van der Waals surface area contributed by atoms with Crippen LogP contribution in [0.1, 0.15) is 28.8 Å². The van der Waals surface area contributed by atoms with E-state index in [4.69, 9.17) is 0 Å². The summed E-state index contributed by atoms with van der Waals surface area (Å²) in [7, 11) is -4.18. The zero-order valence-corrected chi connectivity index (χ0v) is 16.3. The number of phenolic OH excluding ortho intramolecular Hbond substituents is 1. The highest BCUT2D eigenvalue weighted by molar-refractivity contribution is 8.00. The number of aromatic hydroxyl groups is 1. The summed E-state index contributed by atoms with van der Waals surface area (Å²) in [5.41, 5.74) is 1.54. The Morgan fingerprint density at radius 3 is 2.86 bits per heavy atom. The van der Waals surface area contributed by atoms with Crippen molar-refractivity contribution in [1.29, 1.82) is 0 Å². The number of fused-ring (bicyclic) bond motifs is 1. The van der Waals surface area contributed by atoms with Gasteiger partial charge in [0.25, 0.3) is 15.9 Å². The Kier molecular flexibility index (Phi) is 5.10. The summed E-state index contributed by atoms with van der Waals surface area (Å²) in [4.78, 5) is 15.2. The molecule has 29 heavy (non-hydrogen) atoms. The Bertz CT molecular complexity index is 1100. The van der Waals surface area contributed by atoms with Crippen molar-refractivity contribution in [2.75, 3.05) is 6.54 Å².